The summed E-state index contributed by atoms with van der Waals surface area (Å²) in [5, 5.41) is 14.7. The van der Waals surface area contributed by atoms with Gasteiger partial charge in [-0.2, -0.15) is 5.26 Å². The normalized spacial score (nSPS) is 10.5. The van der Waals surface area contributed by atoms with Crippen LogP contribution in [0.15, 0.2) is 53.3 Å². The molecule has 2 aromatic carbocycles. The van der Waals surface area contributed by atoms with Crippen molar-refractivity contribution in [1.82, 2.24) is 4.98 Å². The van der Waals surface area contributed by atoms with E-state index in [2.05, 4.69) is 16.4 Å². The summed E-state index contributed by atoms with van der Waals surface area (Å²) in [6.07, 6.45) is 4.93. The van der Waals surface area contributed by atoms with E-state index in [1.54, 1.807) is 19.6 Å². The molecule has 0 unspecified atom stereocenters. The Kier molecular flexibility index (Phi) is 7.45. The number of hydrogen-bond acceptors (Lipinski definition) is 6. The lowest BCUT2D eigenvalue weighted by Crippen LogP contribution is -2.02. The smallest absolute Gasteiger partial charge is 0.163 e. The Morgan fingerprint density at radius 1 is 1.19 bits per heavy atom. The average molecular weight is 458 g/mol. The second-order valence-corrected chi connectivity index (χ2v) is 7.07. The molecule has 8 heteroatoms. The fourth-order valence-corrected chi connectivity index (χ4v) is 3.49. The molecule has 4 aromatic rings. The van der Waals surface area contributed by atoms with Crippen LogP contribution < -0.4 is 14.8 Å². The highest BCUT2D eigenvalue weighted by molar-refractivity contribution is 6.17. The first-order valence-electron chi connectivity index (χ1n) is 9.58. The van der Waals surface area contributed by atoms with Crippen LogP contribution >= 0.6 is 24.0 Å². The summed E-state index contributed by atoms with van der Waals surface area (Å²) >= 11 is 5.73. The minimum Gasteiger partial charge on any atom is -0.493 e. The van der Waals surface area contributed by atoms with Crippen molar-refractivity contribution in [3.05, 3.63) is 54.4 Å². The van der Waals surface area contributed by atoms with Crippen molar-refractivity contribution in [1.29, 1.82) is 5.26 Å². The Hall–Kier alpha value is -3.14. The largest absolute Gasteiger partial charge is 0.493 e. The minimum atomic E-state index is 0. The van der Waals surface area contributed by atoms with E-state index in [0.29, 0.717) is 40.8 Å². The number of aromatic nitrogens is 1. The van der Waals surface area contributed by atoms with Gasteiger partial charge in [0.1, 0.15) is 6.07 Å². The van der Waals surface area contributed by atoms with Crippen LogP contribution in [0.1, 0.15) is 18.4 Å². The molecule has 1 N–H and O–H groups in total. The van der Waals surface area contributed by atoms with Crippen LogP contribution in [0.5, 0.6) is 11.5 Å². The van der Waals surface area contributed by atoms with Crippen molar-refractivity contribution in [3.63, 3.8) is 0 Å². The van der Waals surface area contributed by atoms with Gasteiger partial charge >= 0.3 is 0 Å². The van der Waals surface area contributed by atoms with Crippen LogP contribution in [0.2, 0.25) is 0 Å². The molecule has 2 heterocycles. The lowest BCUT2D eigenvalue weighted by molar-refractivity contribution is 0.289. The first-order valence-corrected chi connectivity index (χ1v) is 10.1. The third-order valence-corrected chi connectivity index (χ3v) is 5.07. The first kappa shape index (κ1) is 22.5. The van der Waals surface area contributed by atoms with Gasteiger partial charge < -0.3 is 19.2 Å². The van der Waals surface area contributed by atoms with Gasteiger partial charge in [0.2, 0.25) is 0 Å². The maximum Gasteiger partial charge on any atom is 0.163 e. The lowest BCUT2D eigenvalue weighted by Gasteiger charge is -2.15. The molecule has 0 bridgehead atoms. The number of nitriles is 1. The molecule has 0 amide bonds. The number of nitrogens with one attached hydrogen (secondary N) is 1. The summed E-state index contributed by atoms with van der Waals surface area (Å²) in [7, 11) is 1.59. The van der Waals surface area contributed by atoms with Gasteiger partial charge in [-0.05, 0) is 31.0 Å². The number of benzene rings is 2. The highest BCUT2D eigenvalue weighted by atomic mass is 35.5. The summed E-state index contributed by atoms with van der Waals surface area (Å²) in [6.45, 7) is 0.538. The van der Waals surface area contributed by atoms with E-state index in [4.69, 9.17) is 25.5 Å². The topological polar surface area (TPSA) is 80.3 Å². The molecule has 4 rings (SSSR count). The van der Waals surface area contributed by atoms with Crippen LogP contribution in [-0.2, 0) is 0 Å². The van der Waals surface area contributed by atoms with E-state index in [1.807, 2.05) is 36.4 Å². The Morgan fingerprint density at radius 3 is 2.84 bits per heavy atom. The van der Waals surface area contributed by atoms with Crippen molar-refractivity contribution in [2.75, 3.05) is 24.9 Å². The van der Waals surface area contributed by atoms with Gasteiger partial charge in [-0.15, -0.1) is 24.0 Å². The fourth-order valence-electron chi connectivity index (χ4n) is 3.30. The van der Waals surface area contributed by atoms with E-state index in [1.165, 1.54) is 0 Å². The molecule has 0 spiro atoms. The van der Waals surface area contributed by atoms with Gasteiger partial charge in [-0.1, -0.05) is 12.1 Å². The SMILES string of the molecule is COc1cc2c(Nc3cccc4ccoc34)c(C#N)cnc2cc1OCCCCCl.Cl. The minimum absolute atomic E-state index is 0. The highest BCUT2D eigenvalue weighted by Gasteiger charge is 2.16. The Bertz CT molecular complexity index is 1230. The lowest BCUT2D eigenvalue weighted by atomic mass is 10.1. The van der Waals surface area contributed by atoms with Crippen LogP contribution in [0.25, 0.3) is 21.9 Å². The summed E-state index contributed by atoms with van der Waals surface area (Å²) in [6, 6.07) is 13.6. The third kappa shape index (κ3) is 4.63. The van der Waals surface area contributed by atoms with Gasteiger partial charge in [0, 0.05) is 28.9 Å². The van der Waals surface area contributed by atoms with Crippen molar-refractivity contribution in [3.8, 4) is 17.6 Å². The quantitative estimate of drug-likeness (QED) is 0.242. The highest BCUT2D eigenvalue weighted by Crippen LogP contribution is 2.38. The molecule has 0 saturated carbocycles. The maximum atomic E-state index is 9.66. The van der Waals surface area contributed by atoms with Gasteiger partial charge in [0.25, 0.3) is 0 Å². The number of halogens is 2. The molecule has 160 valence electrons. The van der Waals surface area contributed by atoms with E-state index < -0.39 is 0 Å². The van der Waals surface area contributed by atoms with E-state index in [9.17, 15) is 5.26 Å². The van der Waals surface area contributed by atoms with Crippen LogP contribution in [0.4, 0.5) is 11.4 Å². The first-order chi connectivity index (χ1) is 14.7. The Morgan fingerprint density at radius 2 is 2.06 bits per heavy atom. The predicted octanol–water partition coefficient (Wildman–Crippen LogP) is 6.42. The summed E-state index contributed by atoms with van der Waals surface area (Å²) in [5.41, 5.74) is 3.23. The van der Waals surface area contributed by atoms with E-state index >= 15 is 0 Å². The van der Waals surface area contributed by atoms with E-state index in [0.717, 1.165) is 34.9 Å². The monoisotopic (exact) mass is 457 g/mol. The molecule has 6 nitrogen and oxygen atoms in total. The maximum absolute atomic E-state index is 9.66. The van der Waals surface area contributed by atoms with Crippen molar-refractivity contribution >= 4 is 57.3 Å². The number of nitrogens with zero attached hydrogens (tertiary/aromatic N) is 2. The molecule has 0 atom stereocenters. The number of ether oxygens (including phenoxy) is 2. The molecule has 0 aliphatic rings. The van der Waals surface area contributed by atoms with Gasteiger partial charge in [0.15, 0.2) is 17.1 Å². The molecular formula is C23H21Cl2N3O3. The molecule has 2 aromatic heterocycles. The Balaban J connectivity index is 0.00000272. The molecule has 0 fully saturated rings. The number of hydrogen-bond donors (Lipinski definition) is 1. The standard InChI is InChI=1S/C23H20ClN3O3.ClH/c1-28-20-11-17-19(12-21(20)29-9-3-2-8-24)26-14-16(13-25)22(17)27-18-6-4-5-15-7-10-30-23(15)18;/h4-7,10-12,14H,2-3,8-9H2,1H3,(H,26,27);1H. The molecule has 0 radical (unpaired) electrons. The number of methoxy groups -OCH3 is 1. The van der Waals surface area contributed by atoms with Gasteiger partial charge in [0.05, 0.1) is 42.4 Å². The second-order valence-electron chi connectivity index (χ2n) is 6.69. The number of rotatable bonds is 8. The number of pyridine rings is 1. The van der Waals surface area contributed by atoms with Crippen LogP contribution in [0, 0.1) is 11.3 Å². The van der Waals surface area contributed by atoms with Gasteiger partial charge in [-0.3, -0.25) is 4.98 Å². The second kappa shape index (κ2) is 10.3. The summed E-state index contributed by atoms with van der Waals surface area (Å²) in [4.78, 5) is 4.44. The number of furan rings is 1. The third-order valence-electron chi connectivity index (χ3n) is 4.80. The van der Waals surface area contributed by atoms with Crippen molar-refractivity contribution < 1.29 is 13.9 Å². The molecule has 0 aliphatic heterocycles. The van der Waals surface area contributed by atoms with Crippen LogP contribution in [0.3, 0.4) is 0 Å². The van der Waals surface area contributed by atoms with Crippen LogP contribution in [-0.4, -0.2) is 24.6 Å². The number of fused-ring (bicyclic) bond motifs is 2. The predicted molar refractivity (Wildman–Crippen MR) is 125 cm³/mol. The number of anilines is 2. The number of para-hydroxylation sites is 1. The summed E-state index contributed by atoms with van der Waals surface area (Å²) < 4.78 is 17.0. The molecule has 0 saturated heterocycles. The zero-order valence-electron chi connectivity index (χ0n) is 16.9. The van der Waals surface area contributed by atoms with Crippen molar-refractivity contribution in [2.24, 2.45) is 0 Å². The Labute approximate surface area is 191 Å². The van der Waals surface area contributed by atoms with E-state index in [-0.39, 0.29) is 12.4 Å². The zero-order valence-corrected chi connectivity index (χ0v) is 18.4. The van der Waals surface area contributed by atoms with Gasteiger partial charge in [-0.25, -0.2) is 0 Å². The summed E-state index contributed by atoms with van der Waals surface area (Å²) in [5.74, 6) is 1.79. The molecular weight excluding hydrogens is 437 g/mol. The van der Waals surface area contributed by atoms with Crippen molar-refractivity contribution in [2.45, 2.75) is 12.8 Å². The fraction of sp³-hybridized carbons (Fsp3) is 0.217. The zero-order chi connectivity index (χ0) is 20.9. The average Bonchev–Trinajstić information content (AvgIpc) is 3.26. The number of alkyl halides is 1. The molecule has 0 aliphatic carbocycles. The molecule has 31 heavy (non-hydrogen) atoms. The number of unbranched alkanes of at least 4 members (excludes halogenated alkanes) is 1.